The number of ether oxygens (including phenoxy) is 1. The minimum absolute atomic E-state index is 0.117. The zero-order valence-electron chi connectivity index (χ0n) is 24.0. The molecule has 0 amide bonds. The summed E-state index contributed by atoms with van der Waals surface area (Å²) >= 11 is 8.03. The molecule has 234 valence electrons. The lowest BCUT2D eigenvalue weighted by Crippen LogP contribution is -2.39. The Balaban J connectivity index is 1.37. The van der Waals surface area contributed by atoms with Crippen LogP contribution in [0.15, 0.2) is 109 Å². The number of fused-ring (bicyclic) bond motifs is 1. The van der Waals surface area contributed by atoms with E-state index >= 15 is 0 Å². The lowest BCUT2D eigenvalue weighted by Gasteiger charge is -2.24. The summed E-state index contributed by atoms with van der Waals surface area (Å²) in [4.78, 5) is 39.8. The van der Waals surface area contributed by atoms with Crippen molar-refractivity contribution in [3.05, 3.63) is 126 Å². The summed E-state index contributed by atoms with van der Waals surface area (Å²) in [6.07, 6.45) is -3.17. The lowest BCUT2D eigenvalue weighted by atomic mass is 9.96. The average molecular weight is 683 g/mol. The molecule has 1 aliphatic heterocycles. The molecule has 0 saturated heterocycles. The molecule has 1 atom stereocenters. The third-order valence-electron chi connectivity index (χ3n) is 6.84. The standard InChI is InChI=1S/C32H22ClF3N4O4S2/c1-3-43-29(42)26-17(2)37-31-40(27(26)19-9-11-20(33)12-10-19)28(41)23(45-31)15-21-13-14-25(44-21)46-30-38-22(18-7-5-4-6-8-18)16-24(39-30)32(34,35)36/h4-16,27H,3H2,1-2H3/b23-15+/t27-/m0/s1. The first-order valence-corrected chi connectivity index (χ1v) is 15.8. The number of alkyl halides is 3. The highest BCUT2D eigenvalue weighted by molar-refractivity contribution is 7.99. The van der Waals surface area contributed by atoms with E-state index in [2.05, 4.69) is 15.0 Å². The van der Waals surface area contributed by atoms with Crippen molar-refractivity contribution in [1.82, 2.24) is 14.5 Å². The van der Waals surface area contributed by atoms with Gasteiger partial charge in [0.25, 0.3) is 5.56 Å². The fourth-order valence-corrected chi connectivity index (χ4v) is 6.71. The molecule has 46 heavy (non-hydrogen) atoms. The Morgan fingerprint density at radius 2 is 1.85 bits per heavy atom. The predicted octanol–water partition coefficient (Wildman–Crippen LogP) is 6.67. The van der Waals surface area contributed by atoms with Crippen LogP contribution in [0.2, 0.25) is 5.02 Å². The van der Waals surface area contributed by atoms with Gasteiger partial charge in [0, 0.05) is 16.7 Å². The SMILES string of the molecule is CCOC(=O)C1=C(C)N=c2s/c(=C/c3ccc(Sc4nc(-c5ccccc5)cc(C(F)(F)F)n4)o3)c(=O)n2[C@H]1c1ccc(Cl)cc1. The molecule has 6 rings (SSSR count). The summed E-state index contributed by atoms with van der Waals surface area (Å²) in [6.45, 7) is 3.52. The largest absolute Gasteiger partial charge is 0.463 e. The highest BCUT2D eigenvalue weighted by Crippen LogP contribution is 2.35. The van der Waals surface area contributed by atoms with Gasteiger partial charge in [-0.15, -0.1) is 0 Å². The van der Waals surface area contributed by atoms with Crippen molar-refractivity contribution in [2.24, 2.45) is 4.99 Å². The van der Waals surface area contributed by atoms with Crippen molar-refractivity contribution >= 4 is 46.7 Å². The summed E-state index contributed by atoms with van der Waals surface area (Å²) in [7, 11) is 0. The Bertz CT molecular complexity index is 2160. The number of nitrogens with zero attached hydrogens (tertiary/aromatic N) is 4. The number of aromatic nitrogens is 3. The molecule has 0 saturated carbocycles. The van der Waals surface area contributed by atoms with Crippen LogP contribution < -0.4 is 14.9 Å². The number of halogens is 4. The van der Waals surface area contributed by atoms with Crippen LogP contribution in [-0.2, 0) is 15.7 Å². The minimum atomic E-state index is -4.68. The van der Waals surface area contributed by atoms with E-state index in [1.807, 2.05) is 0 Å². The van der Waals surface area contributed by atoms with E-state index in [1.54, 1.807) is 80.6 Å². The average Bonchev–Trinajstić information content (AvgIpc) is 3.59. The Hall–Kier alpha value is -4.46. The van der Waals surface area contributed by atoms with Gasteiger partial charge in [0.05, 0.1) is 34.1 Å². The van der Waals surface area contributed by atoms with Crippen LogP contribution >= 0.6 is 34.7 Å². The van der Waals surface area contributed by atoms with Crippen LogP contribution in [0.3, 0.4) is 0 Å². The minimum Gasteiger partial charge on any atom is -0.463 e. The van der Waals surface area contributed by atoms with Crippen LogP contribution in [-0.4, -0.2) is 27.1 Å². The van der Waals surface area contributed by atoms with Gasteiger partial charge >= 0.3 is 12.1 Å². The van der Waals surface area contributed by atoms with Crippen LogP contribution in [0.5, 0.6) is 0 Å². The summed E-state index contributed by atoms with van der Waals surface area (Å²) in [5.74, 6) is -0.315. The van der Waals surface area contributed by atoms with Crippen LogP contribution in [0, 0.1) is 0 Å². The monoisotopic (exact) mass is 682 g/mol. The fourth-order valence-electron chi connectivity index (χ4n) is 4.81. The maximum atomic E-state index is 13.8. The van der Waals surface area contributed by atoms with Gasteiger partial charge in [-0.2, -0.15) is 13.2 Å². The second kappa shape index (κ2) is 12.7. The van der Waals surface area contributed by atoms with Gasteiger partial charge in [0.15, 0.2) is 15.1 Å². The summed E-state index contributed by atoms with van der Waals surface area (Å²) in [5, 5.41) is 0.559. The van der Waals surface area contributed by atoms with E-state index in [-0.39, 0.29) is 38.4 Å². The number of carbonyl (C=O) groups excluding carboxylic acids is 1. The van der Waals surface area contributed by atoms with Crippen molar-refractivity contribution in [3.63, 3.8) is 0 Å². The molecule has 0 radical (unpaired) electrons. The highest BCUT2D eigenvalue weighted by Gasteiger charge is 2.35. The van der Waals surface area contributed by atoms with Gasteiger partial charge in [0.1, 0.15) is 11.5 Å². The van der Waals surface area contributed by atoms with E-state index in [9.17, 15) is 22.8 Å². The first kappa shape index (κ1) is 31.5. The van der Waals surface area contributed by atoms with E-state index in [4.69, 9.17) is 20.8 Å². The van der Waals surface area contributed by atoms with Gasteiger partial charge in [-0.25, -0.2) is 19.8 Å². The van der Waals surface area contributed by atoms with Gasteiger partial charge in [-0.3, -0.25) is 9.36 Å². The smallest absolute Gasteiger partial charge is 0.433 e. The second-order valence-electron chi connectivity index (χ2n) is 9.90. The van der Waals surface area contributed by atoms with Crippen molar-refractivity contribution < 1.29 is 27.1 Å². The van der Waals surface area contributed by atoms with Crippen molar-refractivity contribution in [2.45, 2.75) is 36.3 Å². The Kier molecular flexibility index (Phi) is 8.73. The van der Waals surface area contributed by atoms with Crippen LogP contribution in [0.4, 0.5) is 13.2 Å². The Morgan fingerprint density at radius 1 is 1.11 bits per heavy atom. The summed E-state index contributed by atoms with van der Waals surface area (Å²) in [6, 6.07) is 18.5. The molecule has 4 heterocycles. The molecule has 0 N–H and O–H groups in total. The Labute approximate surface area is 272 Å². The zero-order chi connectivity index (χ0) is 32.6. The fraction of sp³-hybridized carbons (Fsp3) is 0.156. The lowest BCUT2D eigenvalue weighted by molar-refractivity contribution is -0.141. The van der Waals surface area contributed by atoms with Gasteiger partial charge in [-0.05, 0) is 61.5 Å². The van der Waals surface area contributed by atoms with E-state index in [0.29, 0.717) is 26.6 Å². The molecular weight excluding hydrogens is 661 g/mol. The molecule has 2 aromatic carbocycles. The number of rotatable bonds is 7. The molecule has 0 unspecified atom stereocenters. The maximum absolute atomic E-state index is 13.8. The van der Waals surface area contributed by atoms with E-state index in [1.165, 1.54) is 10.6 Å². The zero-order valence-corrected chi connectivity index (χ0v) is 26.4. The van der Waals surface area contributed by atoms with E-state index in [0.717, 1.165) is 29.2 Å². The molecular formula is C32H22ClF3N4O4S2. The normalized spacial score (nSPS) is 15.1. The van der Waals surface area contributed by atoms with Gasteiger partial charge in [0.2, 0.25) is 0 Å². The number of benzene rings is 2. The van der Waals surface area contributed by atoms with Crippen molar-refractivity contribution in [1.29, 1.82) is 0 Å². The topological polar surface area (TPSA) is 99.6 Å². The first-order chi connectivity index (χ1) is 22.0. The number of carbonyl (C=O) groups is 1. The number of furan rings is 1. The third-order valence-corrected chi connectivity index (χ3v) is 8.86. The number of thiazole rings is 1. The molecule has 8 nitrogen and oxygen atoms in total. The summed E-state index contributed by atoms with van der Waals surface area (Å²) in [5.41, 5.74) is 0.412. The number of hydrogen-bond acceptors (Lipinski definition) is 9. The predicted molar refractivity (Wildman–Crippen MR) is 167 cm³/mol. The Morgan fingerprint density at radius 3 is 2.54 bits per heavy atom. The molecule has 14 heteroatoms. The second-order valence-corrected chi connectivity index (χ2v) is 12.3. The molecule has 0 bridgehead atoms. The molecule has 5 aromatic rings. The van der Waals surface area contributed by atoms with Crippen molar-refractivity contribution in [2.75, 3.05) is 6.61 Å². The molecule has 0 spiro atoms. The summed E-state index contributed by atoms with van der Waals surface area (Å²) < 4.78 is 53.9. The quantitative estimate of drug-likeness (QED) is 0.140. The molecule has 0 fully saturated rings. The third kappa shape index (κ3) is 6.43. The van der Waals surface area contributed by atoms with Crippen molar-refractivity contribution in [3.8, 4) is 11.3 Å². The maximum Gasteiger partial charge on any atom is 0.433 e. The van der Waals surface area contributed by atoms with Gasteiger partial charge < -0.3 is 9.15 Å². The molecule has 3 aromatic heterocycles. The van der Waals surface area contributed by atoms with Crippen LogP contribution in [0.1, 0.15) is 36.9 Å². The number of hydrogen-bond donors (Lipinski definition) is 0. The highest BCUT2D eigenvalue weighted by atomic mass is 35.5. The molecule has 0 aliphatic carbocycles. The first-order valence-electron chi connectivity index (χ1n) is 13.8. The molecule has 1 aliphatic rings. The van der Waals surface area contributed by atoms with Gasteiger partial charge in [-0.1, -0.05) is 65.4 Å². The number of esters is 1. The van der Waals surface area contributed by atoms with E-state index < -0.39 is 29.4 Å². The van der Waals surface area contributed by atoms with Crippen LogP contribution in [0.25, 0.3) is 17.3 Å². The number of allylic oxidation sites excluding steroid dienone is 1.